The Morgan fingerprint density at radius 1 is 1.50 bits per heavy atom. The minimum Gasteiger partial charge on any atom is -0.394 e. The van der Waals surface area contributed by atoms with Gasteiger partial charge < -0.3 is 16.2 Å². The van der Waals surface area contributed by atoms with Gasteiger partial charge in [-0.3, -0.25) is 0 Å². The van der Waals surface area contributed by atoms with Crippen molar-refractivity contribution >= 4 is 33.3 Å². The van der Waals surface area contributed by atoms with Crippen molar-refractivity contribution in [3.05, 3.63) is 10.9 Å². The lowest BCUT2D eigenvalue weighted by Gasteiger charge is -2.28. The summed E-state index contributed by atoms with van der Waals surface area (Å²) in [6, 6.07) is 2.04. The molecule has 1 atom stereocenters. The zero-order valence-corrected chi connectivity index (χ0v) is 11.6. The van der Waals surface area contributed by atoms with E-state index in [1.165, 1.54) is 0 Å². The fourth-order valence-corrected chi connectivity index (χ4v) is 2.57. The zero-order valence-electron chi connectivity index (χ0n) is 10.8. The normalized spacial score (nSPS) is 14.7. The molecule has 2 heterocycles. The van der Waals surface area contributed by atoms with Crippen LogP contribution in [0.25, 0.3) is 10.2 Å². The maximum absolute atomic E-state index is 9.46. The van der Waals surface area contributed by atoms with Gasteiger partial charge in [0.1, 0.15) is 10.6 Å². The summed E-state index contributed by atoms with van der Waals surface area (Å²) in [4.78, 5) is 10.5. The lowest BCUT2D eigenvalue weighted by molar-refractivity contribution is 0.218. The van der Waals surface area contributed by atoms with Crippen LogP contribution in [0.5, 0.6) is 0 Å². The van der Waals surface area contributed by atoms with Crippen LogP contribution in [-0.2, 0) is 0 Å². The van der Waals surface area contributed by atoms with Crippen LogP contribution in [0.2, 0.25) is 0 Å². The lowest BCUT2D eigenvalue weighted by atomic mass is 10.0. The molecule has 0 amide bonds. The van der Waals surface area contributed by atoms with Gasteiger partial charge in [0.2, 0.25) is 5.95 Å². The van der Waals surface area contributed by atoms with Crippen LogP contribution in [0.4, 0.5) is 11.8 Å². The molecule has 0 saturated carbocycles. The van der Waals surface area contributed by atoms with Crippen molar-refractivity contribution in [3.63, 3.8) is 0 Å². The Morgan fingerprint density at radius 2 is 2.22 bits per heavy atom. The highest BCUT2D eigenvalue weighted by atomic mass is 32.1. The second-order valence-corrected chi connectivity index (χ2v) is 5.94. The van der Waals surface area contributed by atoms with E-state index in [0.717, 1.165) is 21.5 Å². The molecule has 0 radical (unpaired) electrons. The van der Waals surface area contributed by atoms with E-state index in [2.05, 4.69) is 15.3 Å². The monoisotopic (exact) mass is 266 g/mol. The second kappa shape index (κ2) is 4.70. The zero-order chi connectivity index (χ0) is 13.3. The molecule has 0 spiro atoms. The van der Waals surface area contributed by atoms with Crippen LogP contribution in [0.15, 0.2) is 6.07 Å². The van der Waals surface area contributed by atoms with Crippen molar-refractivity contribution in [2.75, 3.05) is 17.7 Å². The quantitative estimate of drug-likeness (QED) is 0.789. The van der Waals surface area contributed by atoms with Crippen LogP contribution >= 0.6 is 11.3 Å². The van der Waals surface area contributed by atoms with E-state index in [0.29, 0.717) is 5.82 Å². The number of aliphatic hydroxyl groups excluding tert-OH is 1. The predicted molar refractivity (Wildman–Crippen MR) is 76.0 cm³/mol. The van der Waals surface area contributed by atoms with Gasteiger partial charge in [-0.05, 0) is 26.3 Å². The average Bonchev–Trinajstić information content (AvgIpc) is 2.69. The van der Waals surface area contributed by atoms with Crippen molar-refractivity contribution in [2.24, 2.45) is 0 Å². The standard InChI is InChI=1S/C12H18N4OS/c1-4-12(3,6-17)16-9-8-5-7(2)18-10(8)15-11(13)14-9/h5,17H,4,6H2,1-3H3,(H3,13,14,15,16). The highest BCUT2D eigenvalue weighted by Crippen LogP contribution is 2.30. The number of aliphatic hydroxyl groups is 1. The van der Waals surface area contributed by atoms with Crippen molar-refractivity contribution < 1.29 is 5.11 Å². The molecule has 0 aliphatic heterocycles. The van der Waals surface area contributed by atoms with Crippen LogP contribution in [0, 0.1) is 6.92 Å². The first kappa shape index (κ1) is 13.0. The minimum absolute atomic E-state index is 0.0397. The Balaban J connectivity index is 2.49. The van der Waals surface area contributed by atoms with E-state index in [1.807, 2.05) is 26.8 Å². The fourth-order valence-electron chi connectivity index (χ4n) is 1.68. The average molecular weight is 266 g/mol. The molecule has 6 heteroatoms. The first-order valence-electron chi connectivity index (χ1n) is 5.90. The molecule has 2 aromatic rings. The van der Waals surface area contributed by atoms with Crippen molar-refractivity contribution in [1.82, 2.24) is 9.97 Å². The molecule has 2 rings (SSSR count). The van der Waals surface area contributed by atoms with Gasteiger partial charge in [-0.2, -0.15) is 4.98 Å². The number of nitrogens with zero attached hydrogens (tertiary/aromatic N) is 2. The summed E-state index contributed by atoms with van der Waals surface area (Å²) in [6.07, 6.45) is 0.790. The van der Waals surface area contributed by atoms with Crippen LogP contribution in [0.1, 0.15) is 25.1 Å². The molecule has 0 aliphatic carbocycles. The topological polar surface area (TPSA) is 84.1 Å². The van der Waals surface area contributed by atoms with Crippen LogP contribution < -0.4 is 11.1 Å². The van der Waals surface area contributed by atoms with Gasteiger partial charge in [-0.15, -0.1) is 11.3 Å². The van der Waals surface area contributed by atoms with E-state index < -0.39 is 5.54 Å². The number of rotatable bonds is 4. The molecule has 1 unspecified atom stereocenters. The Hall–Kier alpha value is -1.40. The Kier molecular flexibility index (Phi) is 3.41. The van der Waals surface area contributed by atoms with Gasteiger partial charge in [0, 0.05) is 4.88 Å². The Labute approximate surface area is 110 Å². The Morgan fingerprint density at radius 3 is 2.83 bits per heavy atom. The summed E-state index contributed by atoms with van der Waals surface area (Å²) >= 11 is 1.59. The molecule has 2 aromatic heterocycles. The van der Waals surface area contributed by atoms with Crippen LogP contribution in [-0.4, -0.2) is 27.2 Å². The second-order valence-electron chi connectivity index (χ2n) is 4.70. The van der Waals surface area contributed by atoms with E-state index >= 15 is 0 Å². The number of nitrogens with two attached hydrogens (primary N) is 1. The maximum Gasteiger partial charge on any atom is 0.223 e. The maximum atomic E-state index is 9.46. The van der Waals surface area contributed by atoms with Gasteiger partial charge in [-0.25, -0.2) is 4.98 Å². The van der Waals surface area contributed by atoms with E-state index in [-0.39, 0.29) is 12.6 Å². The highest BCUT2D eigenvalue weighted by molar-refractivity contribution is 7.18. The first-order chi connectivity index (χ1) is 8.47. The van der Waals surface area contributed by atoms with E-state index in [4.69, 9.17) is 5.73 Å². The molecular formula is C12H18N4OS. The summed E-state index contributed by atoms with van der Waals surface area (Å²) in [5.74, 6) is 0.948. The molecule has 0 aliphatic rings. The summed E-state index contributed by atoms with van der Waals surface area (Å²) in [6.45, 7) is 6.04. The first-order valence-corrected chi connectivity index (χ1v) is 6.72. The molecule has 5 nitrogen and oxygen atoms in total. The van der Waals surface area contributed by atoms with E-state index in [9.17, 15) is 5.11 Å². The molecule has 4 N–H and O–H groups in total. The third kappa shape index (κ3) is 2.39. The largest absolute Gasteiger partial charge is 0.394 e. The molecule has 18 heavy (non-hydrogen) atoms. The van der Waals surface area contributed by atoms with Crippen molar-refractivity contribution in [1.29, 1.82) is 0 Å². The summed E-state index contributed by atoms with van der Waals surface area (Å²) in [5.41, 5.74) is 5.32. The highest BCUT2D eigenvalue weighted by Gasteiger charge is 2.23. The third-order valence-electron chi connectivity index (χ3n) is 3.08. The number of nitrogen functional groups attached to an aromatic ring is 1. The number of hydrogen-bond donors (Lipinski definition) is 3. The van der Waals surface area contributed by atoms with Crippen LogP contribution in [0.3, 0.4) is 0 Å². The van der Waals surface area contributed by atoms with Crippen molar-refractivity contribution in [3.8, 4) is 0 Å². The SMILES string of the molecule is CCC(C)(CO)Nc1nc(N)nc2sc(C)cc12. The van der Waals surface area contributed by atoms with Crippen molar-refractivity contribution in [2.45, 2.75) is 32.7 Å². The number of thiophene rings is 1. The molecule has 0 fully saturated rings. The molecule has 0 bridgehead atoms. The van der Waals surface area contributed by atoms with Gasteiger partial charge >= 0.3 is 0 Å². The summed E-state index contributed by atoms with van der Waals surface area (Å²) in [5, 5.41) is 13.7. The summed E-state index contributed by atoms with van der Waals surface area (Å²) < 4.78 is 0. The molecule has 98 valence electrons. The van der Waals surface area contributed by atoms with Gasteiger partial charge in [0.05, 0.1) is 17.5 Å². The molecule has 0 aromatic carbocycles. The van der Waals surface area contributed by atoms with E-state index in [1.54, 1.807) is 11.3 Å². The fraction of sp³-hybridized carbons (Fsp3) is 0.500. The number of hydrogen-bond acceptors (Lipinski definition) is 6. The predicted octanol–water partition coefficient (Wildman–Crippen LogP) is 2.15. The summed E-state index contributed by atoms with van der Waals surface area (Å²) in [7, 11) is 0. The van der Waals surface area contributed by atoms with Gasteiger partial charge in [-0.1, -0.05) is 6.92 Å². The smallest absolute Gasteiger partial charge is 0.223 e. The molecular weight excluding hydrogens is 248 g/mol. The lowest BCUT2D eigenvalue weighted by Crippen LogP contribution is -2.38. The third-order valence-corrected chi connectivity index (χ3v) is 4.03. The number of nitrogens with one attached hydrogen (secondary N) is 1. The number of fused-ring (bicyclic) bond motifs is 1. The van der Waals surface area contributed by atoms with Gasteiger partial charge in [0.15, 0.2) is 0 Å². The van der Waals surface area contributed by atoms with Gasteiger partial charge in [0.25, 0.3) is 0 Å². The number of aryl methyl sites for hydroxylation is 1. The number of anilines is 2. The number of aromatic nitrogens is 2. The Bertz CT molecular complexity index is 562. The minimum atomic E-state index is -0.399. The molecule has 0 saturated heterocycles.